The number of aliphatic hydroxyl groups excluding tert-OH is 1. The highest BCUT2D eigenvalue weighted by atomic mass is 16.5. The van der Waals surface area contributed by atoms with Crippen molar-refractivity contribution in [3.8, 4) is 11.8 Å². The molecule has 0 bridgehead atoms. The predicted molar refractivity (Wildman–Crippen MR) is 98.0 cm³/mol. The Kier molecular flexibility index (Phi) is 5.30. The second kappa shape index (κ2) is 7.81. The number of hydrogen-bond acceptors (Lipinski definition) is 5. The lowest BCUT2D eigenvalue weighted by Crippen LogP contribution is -2.32. The van der Waals surface area contributed by atoms with E-state index in [9.17, 15) is 9.90 Å². The summed E-state index contributed by atoms with van der Waals surface area (Å²) in [5.41, 5.74) is 1.38. The number of hydrogen-bond donors (Lipinski definition) is 1. The van der Waals surface area contributed by atoms with Crippen LogP contribution in [0.3, 0.4) is 0 Å². The average molecular weight is 349 g/mol. The number of aromatic nitrogens is 2. The number of para-hydroxylation sites is 1. The van der Waals surface area contributed by atoms with Crippen molar-refractivity contribution in [2.24, 2.45) is 0 Å². The molecule has 0 spiro atoms. The summed E-state index contributed by atoms with van der Waals surface area (Å²) in [6.07, 6.45) is -0.506. The molecule has 0 saturated heterocycles. The third kappa shape index (κ3) is 3.90. The van der Waals surface area contributed by atoms with Gasteiger partial charge in [-0.15, -0.1) is 0 Å². The number of benzene rings is 2. The fraction of sp³-hybridized carbons (Fsp3) is 0.250. The molecule has 1 unspecified atom stereocenters. The number of aryl methyl sites for hydroxylation is 1. The molecule has 26 heavy (non-hydrogen) atoms. The molecule has 6 nitrogen and oxygen atoms in total. The van der Waals surface area contributed by atoms with Crippen molar-refractivity contribution in [2.75, 3.05) is 6.61 Å². The molecule has 2 aromatic carbocycles. The summed E-state index contributed by atoms with van der Waals surface area (Å²) in [5, 5.41) is 19.5. The van der Waals surface area contributed by atoms with Crippen LogP contribution in [0.1, 0.15) is 11.4 Å². The lowest BCUT2D eigenvalue weighted by Gasteiger charge is -2.16. The monoisotopic (exact) mass is 349 g/mol. The van der Waals surface area contributed by atoms with Crippen molar-refractivity contribution in [1.82, 2.24) is 9.55 Å². The van der Waals surface area contributed by atoms with Gasteiger partial charge in [-0.2, -0.15) is 5.26 Å². The minimum Gasteiger partial charge on any atom is -0.491 e. The molecule has 0 fully saturated rings. The fourth-order valence-corrected chi connectivity index (χ4v) is 2.74. The molecule has 0 aliphatic heterocycles. The minimum atomic E-state index is -0.854. The minimum absolute atomic E-state index is 0.0519. The maximum Gasteiger partial charge on any atom is 0.261 e. The first kappa shape index (κ1) is 17.6. The van der Waals surface area contributed by atoms with Gasteiger partial charge in [-0.25, -0.2) is 4.98 Å². The Morgan fingerprint density at radius 2 is 1.96 bits per heavy atom. The SMILES string of the molecule is Cc1nc2ccccc2c(=O)n1CC(O)COc1ccc(CC#N)cc1. The average Bonchev–Trinajstić information content (AvgIpc) is 2.65. The van der Waals surface area contributed by atoms with Crippen LogP contribution in [0.2, 0.25) is 0 Å². The second-order valence-corrected chi connectivity index (χ2v) is 6.04. The van der Waals surface area contributed by atoms with Gasteiger partial charge < -0.3 is 9.84 Å². The number of nitrogens with zero attached hydrogens (tertiary/aromatic N) is 3. The van der Waals surface area contributed by atoms with E-state index in [1.807, 2.05) is 18.2 Å². The number of nitriles is 1. The Hall–Kier alpha value is -3.17. The van der Waals surface area contributed by atoms with Crippen LogP contribution in [0.15, 0.2) is 53.3 Å². The standard InChI is InChI=1S/C20H19N3O3/c1-14-22-19-5-3-2-4-18(19)20(25)23(14)12-16(24)13-26-17-8-6-15(7-9-17)10-11-21/h2-9,16,24H,10,12-13H2,1H3. The molecule has 3 aromatic rings. The lowest BCUT2D eigenvalue weighted by atomic mass is 10.2. The molecule has 0 radical (unpaired) electrons. The van der Waals surface area contributed by atoms with Gasteiger partial charge in [-0.05, 0) is 36.8 Å². The molecule has 0 aliphatic rings. The van der Waals surface area contributed by atoms with Gasteiger partial charge >= 0.3 is 0 Å². The fourth-order valence-electron chi connectivity index (χ4n) is 2.74. The summed E-state index contributed by atoms with van der Waals surface area (Å²) < 4.78 is 7.04. The molecular weight excluding hydrogens is 330 g/mol. The Labute approximate surface area is 150 Å². The van der Waals surface area contributed by atoms with Gasteiger partial charge in [-0.1, -0.05) is 24.3 Å². The highest BCUT2D eigenvalue weighted by Gasteiger charge is 2.13. The zero-order chi connectivity index (χ0) is 18.5. The first-order valence-electron chi connectivity index (χ1n) is 8.31. The quantitative estimate of drug-likeness (QED) is 0.737. The Balaban J connectivity index is 1.68. The Bertz CT molecular complexity index is 1000. The Morgan fingerprint density at radius 3 is 2.69 bits per heavy atom. The summed E-state index contributed by atoms with van der Waals surface area (Å²) in [6, 6.07) is 16.4. The number of fused-ring (bicyclic) bond motifs is 1. The van der Waals surface area contributed by atoms with Crippen molar-refractivity contribution in [2.45, 2.75) is 26.0 Å². The number of rotatable bonds is 6. The van der Waals surface area contributed by atoms with Crippen molar-refractivity contribution in [3.63, 3.8) is 0 Å². The van der Waals surface area contributed by atoms with Crippen LogP contribution in [0.4, 0.5) is 0 Å². The molecule has 1 atom stereocenters. The largest absolute Gasteiger partial charge is 0.491 e. The van der Waals surface area contributed by atoms with E-state index < -0.39 is 6.10 Å². The molecular formula is C20H19N3O3. The van der Waals surface area contributed by atoms with E-state index >= 15 is 0 Å². The molecule has 1 aromatic heterocycles. The molecule has 6 heteroatoms. The van der Waals surface area contributed by atoms with Crippen molar-refractivity contribution < 1.29 is 9.84 Å². The molecule has 3 rings (SSSR count). The molecule has 0 aliphatic carbocycles. The summed E-state index contributed by atoms with van der Waals surface area (Å²) in [4.78, 5) is 17.0. The van der Waals surface area contributed by atoms with Crippen molar-refractivity contribution in [1.29, 1.82) is 5.26 Å². The molecule has 0 amide bonds. The Morgan fingerprint density at radius 1 is 1.23 bits per heavy atom. The zero-order valence-corrected chi connectivity index (χ0v) is 14.4. The van der Waals surface area contributed by atoms with Crippen LogP contribution in [0.5, 0.6) is 5.75 Å². The smallest absolute Gasteiger partial charge is 0.261 e. The third-order valence-electron chi connectivity index (χ3n) is 4.09. The normalized spacial score (nSPS) is 11.9. The van der Waals surface area contributed by atoms with E-state index in [4.69, 9.17) is 10.00 Å². The van der Waals surface area contributed by atoms with Gasteiger partial charge in [0.25, 0.3) is 5.56 Å². The first-order chi connectivity index (χ1) is 12.6. The summed E-state index contributed by atoms with van der Waals surface area (Å²) in [7, 11) is 0. The van der Waals surface area contributed by atoms with Gasteiger partial charge in [-0.3, -0.25) is 9.36 Å². The van der Waals surface area contributed by atoms with Crippen LogP contribution >= 0.6 is 0 Å². The molecule has 1 N–H and O–H groups in total. The number of ether oxygens (including phenoxy) is 1. The summed E-state index contributed by atoms with van der Waals surface area (Å²) in [5.74, 6) is 1.15. The second-order valence-electron chi connectivity index (χ2n) is 6.04. The maximum absolute atomic E-state index is 12.6. The van der Waals surface area contributed by atoms with Gasteiger partial charge in [0, 0.05) is 0 Å². The van der Waals surface area contributed by atoms with E-state index in [1.165, 1.54) is 4.57 Å². The van der Waals surface area contributed by atoms with Gasteiger partial charge in [0.2, 0.25) is 0 Å². The lowest BCUT2D eigenvalue weighted by molar-refractivity contribution is 0.0909. The van der Waals surface area contributed by atoms with Gasteiger partial charge in [0.05, 0.1) is 29.9 Å². The van der Waals surface area contributed by atoms with E-state index in [0.717, 1.165) is 5.56 Å². The van der Waals surface area contributed by atoms with Crippen molar-refractivity contribution in [3.05, 3.63) is 70.3 Å². The van der Waals surface area contributed by atoms with Crippen LogP contribution in [-0.2, 0) is 13.0 Å². The molecule has 0 saturated carbocycles. The maximum atomic E-state index is 12.6. The summed E-state index contributed by atoms with van der Waals surface area (Å²) >= 11 is 0. The van der Waals surface area contributed by atoms with E-state index in [-0.39, 0.29) is 18.7 Å². The predicted octanol–water partition coefficient (Wildman–Crippen LogP) is 2.21. The van der Waals surface area contributed by atoms with Crippen molar-refractivity contribution >= 4 is 10.9 Å². The highest BCUT2D eigenvalue weighted by Crippen LogP contribution is 2.13. The highest BCUT2D eigenvalue weighted by molar-refractivity contribution is 5.77. The van der Waals surface area contributed by atoms with E-state index in [1.54, 1.807) is 37.3 Å². The van der Waals surface area contributed by atoms with Crippen LogP contribution in [0, 0.1) is 18.3 Å². The van der Waals surface area contributed by atoms with Gasteiger partial charge in [0.1, 0.15) is 24.3 Å². The van der Waals surface area contributed by atoms with Crippen LogP contribution < -0.4 is 10.3 Å². The number of aliphatic hydroxyl groups is 1. The van der Waals surface area contributed by atoms with E-state index in [0.29, 0.717) is 28.9 Å². The molecule has 132 valence electrons. The van der Waals surface area contributed by atoms with Crippen LogP contribution in [-0.4, -0.2) is 27.4 Å². The van der Waals surface area contributed by atoms with Crippen LogP contribution in [0.25, 0.3) is 10.9 Å². The van der Waals surface area contributed by atoms with E-state index in [2.05, 4.69) is 11.1 Å². The third-order valence-corrected chi connectivity index (χ3v) is 4.09. The molecule has 1 heterocycles. The van der Waals surface area contributed by atoms with Gasteiger partial charge in [0.15, 0.2) is 0 Å². The topological polar surface area (TPSA) is 88.1 Å². The zero-order valence-electron chi connectivity index (χ0n) is 14.4. The first-order valence-corrected chi connectivity index (χ1v) is 8.31. The summed E-state index contributed by atoms with van der Waals surface area (Å²) in [6.45, 7) is 1.90.